The molecule has 0 atom stereocenters. The third kappa shape index (κ3) is 3.13. The van der Waals surface area contributed by atoms with E-state index in [1.165, 1.54) is 28.8 Å². The highest BCUT2D eigenvalue weighted by molar-refractivity contribution is 6.96. The van der Waals surface area contributed by atoms with Crippen LogP contribution in [0.5, 0.6) is 0 Å². The molecule has 1 aliphatic rings. The number of allylic oxidation sites excluding steroid dienone is 4. The van der Waals surface area contributed by atoms with Crippen molar-refractivity contribution in [2.24, 2.45) is 0 Å². The van der Waals surface area contributed by atoms with Gasteiger partial charge in [0.15, 0.2) is 0 Å². The fraction of sp³-hybridized carbons (Fsp3) is 0.353. The molecule has 0 saturated carbocycles. The Hall–Kier alpha value is -1.41. The van der Waals surface area contributed by atoms with E-state index in [1.54, 1.807) is 0 Å². The van der Waals surface area contributed by atoms with Crippen LogP contribution in [0.4, 0.5) is 0 Å². The number of benzene rings is 1. The number of aldehydes is 1. The van der Waals surface area contributed by atoms with Crippen LogP contribution in [0.2, 0.25) is 13.1 Å². The summed E-state index contributed by atoms with van der Waals surface area (Å²) in [6.45, 7) is 4.68. The van der Waals surface area contributed by atoms with E-state index in [-0.39, 0.29) is 0 Å². The molecule has 0 aliphatic heterocycles. The molecule has 2 rings (SSSR count). The van der Waals surface area contributed by atoms with E-state index < -0.39 is 8.07 Å². The Balaban J connectivity index is 2.41. The van der Waals surface area contributed by atoms with Crippen molar-refractivity contribution in [2.75, 3.05) is 0 Å². The Morgan fingerprint density at radius 2 is 1.89 bits per heavy atom. The van der Waals surface area contributed by atoms with Crippen LogP contribution in [0.1, 0.15) is 25.7 Å². The van der Waals surface area contributed by atoms with Crippen molar-refractivity contribution in [2.45, 2.75) is 38.8 Å². The van der Waals surface area contributed by atoms with Crippen molar-refractivity contribution in [1.29, 1.82) is 0 Å². The third-order valence-electron chi connectivity index (χ3n) is 4.04. The summed E-state index contributed by atoms with van der Waals surface area (Å²) in [6, 6.07) is 10.6. The number of hydrogen-bond donors (Lipinski definition) is 0. The molecule has 1 aromatic carbocycles. The summed E-state index contributed by atoms with van der Waals surface area (Å²) >= 11 is 0. The molecule has 1 nitrogen and oxygen atoms in total. The summed E-state index contributed by atoms with van der Waals surface area (Å²) in [5.74, 6) is 0. The van der Waals surface area contributed by atoms with Crippen LogP contribution in [0, 0.1) is 0 Å². The average molecular weight is 270 g/mol. The Kier molecular flexibility index (Phi) is 4.54. The zero-order chi connectivity index (χ0) is 13.7. The second kappa shape index (κ2) is 6.16. The highest BCUT2D eigenvalue weighted by Crippen LogP contribution is 2.29. The first kappa shape index (κ1) is 14.0. The lowest BCUT2D eigenvalue weighted by atomic mass is 9.99. The zero-order valence-corrected chi connectivity index (χ0v) is 12.9. The molecule has 0 amide bonds. The summed E-state index contributed by atoms with van der Waals surface area (Å²) in [7, 11) is -1.76. The molecule has 0 fully saturated rings. The van der Waals surface area contributed by atoms with Gasteiger partial charge in [-0.1, -0.05) is 60.3 Å². The quantitative estimate of drug-likeness (QED) is 0.462. The highest BCUT2D eigenvalue weighted by Gasteiger charge is 2.30. The number of carbonyl (C=O) groups is 1. The summed E-state index contributed by atoms with van der Waals surface area (Å²) in [6.07, 6.45) is 9.94. The first-order chi connectivity index (χ1) is 9.16. The van der Waals surface area contributed by atoms with Crippen LogP contribution >= 0.6 is 0 Å². The van der Waals surface area contributed by atoms with Gasteiger partial charge in [0.05, 0.1) is 0 Å². The zero-order valence-electron chi connectivity index (χ0n) is 11.9. The van der Waals surface area contributed by atoms with Gasteiger partial charge >= 0.3 is 0 Å². The van der Waals surface area contributed by atoms with Crippen LogP contribution in [-0.2, 0) is 4.79 Å². The van der Waals surface area contributed by atoms with Crippen molar-refractivity contribution in [3.8, 4) is 0 Å². The minimum atomic E-state index is -1.76. The first-order valence-electron chi connectivity index (χ1n) is 7.07. The monoisotopic (exact) mass is 270 g/mol. The molecule has 0 bridgehead atoms. The molecule has 1 aliphatic carbocycles. The van der Waals surface area contributed by atoms with Crippen molar-refractivity contribution >= 4 is 19.5 Å². The molecule has 0 unspecified atom stereocenters. The van der Waals surface area contributed by atoms with Gasteiger partial charge in [0.1, 0.15) is 14.4 Å². The molecular formula is C17H22OSi. The third-order valence-corrected chi connectivity index (χ3v) is 7.65. The molecule has 0 aromatic heterocycles. The Labute approximate surface area is 117 Å². The van der Waals surface area contributed by atoms with E-state index in [1.807, 2.05) is 6.08 Å². The first-order valence-corrected chi connectivity index (χ1v) is 10.1. The number of hydrogen-bond acceptors (Lipinski definition) is 1. The largest absolute Gasteiger partial charge is 0.299 e. The van der Waals surface area contributed by atoms with E-state index in [4.69, 9.17) is 0 Å². The van der Waals surface area contributed by atoms with Crippen molar-refractivity contribution in [3.63, 3.8) is 0 Å². The predicted molar refractivity (Wildman–Crippen MR) is 84.3 cm³/mol. The Morgan fingerprint density at radius 1 is 1.16 bits per heavy atom. The van der Waals surface area contributed by atoms with E-state index in [9.17, 15) is 4.79 Å². The van der Waals surface area contributed by atoms with Crippen LogP contribution in [0.3, 0.4) is 0 Å². The van der Waals surface area contributed by atoms with Crippen molar-refractivity contribution in [1.82, 2.24) is 0 Å². The van der Waals surface area contributed by atoms with E-state index in [0.717, 1.165) is 19.1 Å². The summed E-state index contributed by atoms with van der Waals surface area (Å²) in [5, 5.41) is 2.71. The van der Waals surface area contributed by atoms with E-state index >= 15 is 0 Å². The SMILES string of the molecule is C[Si](C)(/C(=C\C=O)C1=CCCCC1)c1ccccc1. The summed E-state index contributed by atoms with van der Waals surface area (Å²) in [4.78, 5) is 11.1. The van der Waals surface area contributed by atoms with Gasteiger partial charge in [0.2, 0.25) is 0 Å². The molecule has 1 aromatic rings. The highest BCUT2D eigenvalue weighted by atomic mass is 28.3. The van der Waals surface area contributed by atoms with Gasteiger partial charge in [-0.2, -0.15) is 0 Å². The fourth-order valence-corrected chi connectivity index (χ4v) is 5.73. The van der Waals surface area contributed by atoms with Crippen molar-refractivity contribution in [3.05, 3.63) is 53.3 Å². The van der Waals surface area contributed by atoms with Gasteiger partial charge in [0.25, 0.3) is 0 Å². The van der Waals surface area contributed by atoms with Crippen LogP contribution in [0.25, 0.3) is 0 Å². The summed E-state index contributed by atoms with van der Waals surface area (Å²) in [5.41, 5.74) is 1.42. The topological polar surface area (TPSA) is 17.1 Å². The number of rotatable bonds is 4. The Morgan fingerprint density at radius 3 is 2.47 bits per heavy atom. The normalized spacial score (nSPS) is 16.9. The minimum absolute atomic E-state index is 0.961. The molecule has 2 heteroatoms. The van der Waals surface area contributed by atoms with Gasteiger partial charge in [-0.3, -0.25) is 4.79 Å². The van der Waals surface area contributed by atoms with Crippen molar-refractivity contribution < 1.29 is 4.79 Å². The molecule has 100 valence electrons. The maximum atomic E-state index is 11.1. The minimum Gasteiger partial charge on any atom is -0.299 e. The van der Waals surface area contributed by atoms with Gasteiger partial charge < -0.3 is 0 Å². The fourth-order valence-electron chi connectivity index (χ4n) is 2.88. The molecule has 0 spiro atoms. The van der Waals surface area contributed by atoms with Gasteiger partial charge in [-0.05, 0) is 37.0 Å². The molecular weight excluding hydrogens is 248 g/mol. The van der Waals surface area contributed by atoms with E-state index in [0.29, 0.717) is 0 Å². The van der Waals surface area contributed by atoms with Gasteiger partial charge in [0, 0.05) is 0 Å². The lowest BCUT2D eigenvalue weighted by molar-refractivity contribution is -0.104. The van der Waals surface area contributed by atoms with Gasteiger partial charge in [-0.15, -0.1) is 0 Å². The predicted octanol–water partition coefficient (Wildman–Crippen LogP) is 3.77. The van der Waals surface area contributed by atoms with Gasteiger partial charge in [-0.25, -0.2) is 0 Å². The van der Waals surface area contributed by atoms with E-state index in [2.05, 4.69) is 49.5 Å². The lowest BCUT2D eigenvalue weighted by Crippen LogP contribution is -2.44. The molecule has 19 heavy (non-hydrogen) atoms. The molecule has 0 radical (unpaired) electrons. The second-order valence-corrected chi connectivity index (χ2v) is 10.0. The number of carbonyl (C=O) groups excluding carboxylic acids is 1. The molecule has 0 saturated heterocycles. The summed E-state index contributed by atoms with van der Waals surface area (Å²) < 4.78 is 0. The standard InChI is InChI=1S/C17H22OSi/c1-19(2,16-11-7-4-8-12-16)17(13-14-18)15-9-5-3-6-10-15/h4,7-9,11-14H,3,5-6,10H2,1-2H3/b17-13-. The maximum absolute atomic E-state index is 11.1. The van der Waals surface area contributed by atoms with Crippen LogP contribution < -0.4 is 5.19 Å². The average Bonchev–Trinajstić information content (AvgIpc) is 2.46. The van der Waals surface area contributed by atoms with Crippen LogP contribution in [0.15, 0.2) is 53.3 Å². The van der Waals surface area contributed by atoms with Crippen LogP contribution in [-0.4, -0.2) is 14.4 Å². The Bertz CT molecular complexity index is 497. The lowest BCUT2D eigenvalue weighted by Gasteiger charge is -2.29. The maximum Gasteiger partial charge on any atom is 0.142 e. The molecule has 0 heterocycles. The molecule has 0 N–H and O–H groups in total. The second-order valence-electron chi connectivity index (χ2n) is 5.68. The smallest absolute Gasteiger partial charge is 0.142 e.